The van der Waals surface area contributed by atoms with Gasteiger partial charge >= 0.3 is 0 Å². The summed E-state index contributed by atoms with van der Waals surface area (Å²) >= 11 is 1.43. The Kier molecular flexibility index (Phi) is 5.19. The number of thioether (sulfide) groups is 1. The van der Waals surface area contributed by atoms with Crippen molar-refractivity contribution in [3.63, 3.8) is 0 Å². The van der Waals surface area contributed by atoms with E-state index >= 15 is 0 Å². The molecule has 0 radical (unpaired) electrons. The predicted octanol–water partition coefficient (Wildman–Crippen LogP) is 4.04. The summed E-state index contributed by atoms with van der Waals surface area (Å²) in [6.07, 6.45) is 2.26. The molecule has 6 heteroatoms. The Morgan fingerprint density at radius 2 is 2.00 bits per heavy atom. The topological polar surface area (TPSA) is 78.7 Å². The fraction of sp³-hybridized carbons (Fsp3) is 0.500. The SMILES string of the molecule is CC(C)[C@@](C)(C#N)NC(=O)[C@@H](C)Sc1nc(C2CC2)nc2ccccc12. The average molecular weight is 369 g/mol. The van der Waals surface area contributed by atoms with Gasteiger partial charge in [-0.2, -0.15) is 5.26 Å². The summed E-state index contributed by atoms with van der Waals surface area (Å²) in [5.41, 5.74) is 0.0438. The van der Waals surface area contributed by atoms with E-state index in [-0.39, 0.29) is 17.1 Å². The molecule has 0 bridgehead atoms. The minimum absolute atomic E-state index is 0.0231. The number of para-hydroxylation sites is 1. The van der Waals surface area contributed by atoms with Crippen LogP contribution in [0.5, 0.6) is 0 Å². The largest absolute Gasteiger partial charge is 0.337 e. The fourth-order valence-electron chi connectivity index (χ4n) is 2.56. The van der Waals surface area contributed by atoms with Gasteiger partial charge in [-0.1, -0.05) is 43.8 Å². The number of carbonyl (C=O) groups excluding carboxylic acids is 1. The lowest BCUT2D eigenvalue weighted by atomic mass is 9.90. The van der Waals surface area contributed by atoms with Crippen molar-refractivity contribution in [2.45, 2.75) is 62.3 Å². The molecule has 0 spiro atoms. The van der Waals surface area contributed by atoms with Crippen molar-refractivity contribution in [2.75, 3.05) is 0 Å². The first kappa shape index (κ1) is 18.7. The van der Waals surface area contributed by atoms with E-state index in [0.29, 0.717) is 5.92 Å². The van der Waals surface area contributed by atoms with Gasteiger partial charge in [-0.15, -0.1) is 0 Å². The first-order chi connectivity index (χ1) is 12.3. The number of carbonyl (C=O) groups is 1. The van der Waals surface area contributed by atoms with Gasteiger partial charge in [0.15, 0.2) is 0 Å². The third-order valence-corrected chi connectivity index (χ3v) is 6.06. The van der Waals surface area contributed by atoms with Gasteiger partial charge in [-0.3, -0.25) is 4.79 Å². The molecule has 2 aromatic rings. The molecule has 26 heavy (non-hydrogen) atoms. The molecule has 0 aliphatic heterocycles. The Bertz CT molecular complexity index is 872. The van der Waals surface area contributed by atoms with E-state index in [1.54, 1.807) is 6.92 Å². The molecule has 5 nitrogen and oxygen atoms in total. The van der Waals surface area contributed by atoms with Crippen LogP contribution in [0.3, 0.4) is 0 Å². The van der Waals surface area contributed by atoms with Gasteiger partial charge in [0, 0.05) is 11.3 Å². The molecule has 0 saturated heterocycles. The van der Waals surface area contributed by atoms with Crippen LogP contribution in [0.1, 0.15) is 52.3 Å². The third-order valence-electron chi connectivity index (χ3n) is 4.96. The molecule has 1 amide bonds. The zero-order valence-corrected chi connectivity index (χ0v) is 16.4. The van der Waals surface area contributed by atoms with Gasteiger partial charge in [-0.25, -0.2) is 9.97 Å². The number of nitrogens with one attached hydrogen (secondary N) is 1. The Hall–Kier alpha value is -2.13. The minimum atomic E-state index is -0.876. The maximum Gasteiger partial charge on any atom is 0.234 e. The van der Waals surface area contributed by atoms with Gasteiger partial charge in [0.05, 0.1) is 16.8 Å². The molecular weight excluding hydrogens is 344 g/mol. The maximum absolute atomic E-state index is 12.7. The number of rotatable bonds is 6. The lowest BCUT2D eigenvalue weighted by Crippen LogP contribution is -2.51. The molecule has 136 valence electrons. The quantitative estimate of drug-likeness (QED) is 0.615. The highest BCUT2D eigenvalue weighted by molar-refractivity contribution is 8.00. The molecule has 1 heterocycles. The van der Waals surface area contributed by atoms with E-state index in [1.807, 2.05) is 45.0 Å². The van der Waals surface area contributed by atoms with E-state index in [4.69, 9.17) is 4.98 Å². The Morgan fingerprint density at radius 1 is 1.31 bits per heavy atom. The zero-order valence-electron chi connectivity index (χ0n) is 15.6. The van der Waals surface area contributed by atoms with Crippen LogP contribution in [0.25, 0.3) is 10.9 Å². The number of hydrogen-bond donors (Lipinski definition) is 1. The molecule has 1 aliphatic rings. The number of benzene rings is 1. The first-order valence-electron chi connectivity index (χ1n) is 9.00. The monoisotopic (exact) mass is 368 g/mol. The van der Waals surface area contributed by atoms with Crippen LogP contribution < -0.4 is 5.32 Å². The zero-order chi connectivity index (χ0) is 18.9. The van der Waals surface area contributed by atoms with Gasteiger partial charge in [0.2, 0.25) is 5.91 Å². The van der Waals surface area contributed by atoms with Gasteiger partial charge < -0.3 is 5.32 Å². The molecule has 1 aromatic heterocycles. The number of hydrogen-bond acceptors (Lipinski definition) is 5. The van der Waals surface area contributed by atoms with E-state index in [2.05, 4.69) is 16.4 Å². The second-order valence-electron chi connectivity index (χ2n) is 7.40. The van der Waals surface area contributed by atoms with Crippen LogP contribution in [0.2, 0.25) is 0 Å². The van der Waals surface area contributed by atoms with Crippen molar-refractivity contribution in [2.24, 2.45) is 5.92 Å². The number of fused-ring (bicyclic) bond motifs is 1. The van der Waals surface area contributed by atoms with E-state index < -0.39 is 5.54 Å². The Labute approximate surface area is 158 Å². The molecule has 1 saturated carbocycles. The average Bonchev–Trinajstić information content (AvgIpc) is 3.46. The summed E-state index contributed by atoms with van der Waals surface area (Å²) < 4.78 is 0. The lowest BCUT2D eigenvalue weighted by molar-refractivity contribution is -0.121. The molecule has 0 unspecified atom stereocenters. The molecule has 1 N–H and O–H groups in total. The van der Waals surface area contributed by atoms with Crippen LogP contribution in [0, 0.1) is 17.2 Å². The highest BCUT2D eigenvalue weighted by Gasteiger charge is 2.32. The molecule has 1 fully saturated rings. The van der Waals surface area contributed by atoms with Crippen LogP contribution in [-0.4, -0.2) is 26.7 Å². The highest BCUT2D eigenvalue weighted by atomic mass is 32.2. The summed E-state index contributed by atoms with van der Waals surface area (Å²) in [5.74, 6) is 1.20. The third kappa shape index (κ3) is 3.83. The highest BCUT2D eigenvalue weighted by Crippen LogP contribution is 2.40. The number of amides is 1. The minimum Gasteiger partial charge on any atom is -0.337 e. The van der Waals surface area contributed by atoms with Crippen molar-refractivity contribution < 1.29 is 4.79 Å². The first-order valence-corrected chi connectivity index (χ1v) is 9.88. The van der Waals surface area contributed by atoms with Crippen molar-refractivity contribution in [3.05, 3.63) is 30.1 Å². The number of nitriles is 1. The van der Waals surface area contributed by atoms with Gasteiger partial charge in [0.25, 0.3) is 0 Å². The predicted molar refractivity (Wildman–Crippen MR) is 104 cm³/mol. The van der Waals surface area contributed by atoms with Gasteiger partial charge in [0.1, 0.15) is 16.4 Å². The van der Waals surface area contributed by atoms with Crippen LogP contribution in [0.4, 0.5) is 0 Å². The van der Waals surface area contributed by atoms with Crippen LogP contribution in [-0.2, 0) is 4.79 Å². The van der Waals surface area contributed by atoms with E-state index in [0.717, 1.165) is 34.6 Å². The van der Waals surface area contributed by atoms with E-state index in [1.165, 1.54) is 11.8 Å². The molecule has 1 aliphatic carbocycles. The summed E-state index contributed by atoms with van der Waals surface area (Å²) in [6.45, 7) is 7.48. The molecule has 3 rings (SSSR count). The summed E-state index contributed by atoms with van der Waals surface area (Å²) in [5, 5.41) is 13.8. The van der Waals surface area contributed by atoms with Crippen molar-refractivity contribution >= 4 is 28.6 Å². The van der Waals surface area contributed by atoms with Crippen LogP contribution in [0.15, 0.2) is 29.3 Å². The summed E-state index contributed by atoms with van der Waals surface area (Å²) in [7, 11) is 0. The molecule has 1 aromatic carbocycles. The fourth-order valence-corrected chi connectivity index (χ4v) is 3.51. The Morgan fingerprint density at radius 3 is 2.62 bits per heavy atom. The number of nitrogens with zero attached hydrogens (tertiary/aromatic N) is 3. The van der Waals surface area contributed by atoms with Crippen LogP contribution >= 0.6 is 11.8 Å². The van der Waals surface area contributed by atoms with Crippen molar-refractivity contribution in [1.29, 1.82) is 5.26 Å². The smallest absolute Gasteiger partial charge is 0.234 e. The Balaban J connectivity index is 1.84. The second kappa shape index (κ2) is 7.24. The molecular formula is C20H24N4OS. The normalized spacial score (nSPS) is 17.5. The van der Waals surface area contributed by atoms with E-state index in [9.17, 15) is 10.1 Å². The molecule has 2 atom stereocenters. The van der Waals surface area contributed by atoms with Crippen molar-refractivity contribution in [1.82, 2.24) is 15.3 Å². The number of aromatic nitrogens is 2. The standard InChI is InChI=1S/C20H24N4OS/c1-12(2)20(4,11-21)24-18(25)13(3)26-19-15-7-5-6-8-16(15)22-17(23-19)14-9-10-14/h5-8,12-14H,9-10H2,1-4H3,(H,24,25)/t13-,20-/m1/s1. The lowest BCUT2D eigenvalue weighted by Gasteiger charge is -2.28. The van der Waals surface area contributed by atoms with Crippen molar-refractivity contribution in [3.8, 4) is 6.07 Å². The maximum atomic E-state index is 12.7. The summed E-state index contributed by atoms with van der Waals surface area (Å²) in [6, 6.07) is 10.1. The summed E-state index contributed by atoms with van der Waals surface area (Å²) in [4.78, 5) is 22.1. The second-order valence-corrected chi connectivity index (χ2v) is 8.73. The van der Waals surface area contributed by atoms with Gasteiger partial charge in [-0.05, 0) is 38.7 Å².